The summed E-state index contributed by atoms with van der Waals surface area (Å²) in [4.78, 5) is 2.80. The van der Waals surface area contributed by atoms with E-state index in [2.05, 4.69) is 31.0 Å². The lowest BCUT2D eigenvalue weighted by Gasteiger charge is -2.40. The van der Waals surface area contributed by atoms with Gasteiger partial charge in [0.1, 0.15) is 0 Å². The monoisotopic (exact) mass is 238 g/mol. The average molecular weight is 238 g/mol. The maximum absolute atomic E-state index is 3.64. The Kier molecular flexibility index (Phi) is 4.87. The summed E-state index contributed by atoms with van der Waals surface area (Å²) < 4.78 is 0. The van der Waals surface area contributed by atoms with Crippen molar-refractivity contribution in [1.82, 2.24) is 10.2 Å². The summed E-state index contributed by atoms with van der Waals surface area (Å²) in [5.41, 5.74) is 0. The third-order valence-electron chi connectivity index (χ3n) is 4.64. The van der Waals surface area contributed by atoms with Crippen molar-refractivity contribution < 1.29 is 0 Å². The van der Waals surface area contributed by atoms with Crippen LogP contribution >= 0.6 is 0 Å². The molecule has 0 aromatic heterocycles. The summed E-state index contributed by atoms with van der Waals surface area (Å²) in [5, 5.41) is 3.64. The molecular formula is C15H30N2. The Bertz CT molecular complexity index is 229. The zero-order valence-corrected chi connectivity index (χ0v) is 11.9. The molecule has 17 heavy (non-hydrogen) atoms. The van der Waals surface area contributed by atoms with Crippen molar-refractivity contribution in [1.29, 1.82) is 0 Å². The third-order valence-corrected chi connectivity index (χ3v) is 4.64. The maximum Gasteiger partial charge on any atom is 0.00979 e. The van der Waals surface area contributed by atoms with Crippen LogP contribution in [0, 0.1) is 11.8 Å². The highest BCUT2D eigenvalue weighted by molar-refractivity contribution is 4.82. The molecule has 2 nitrogen and oxygen atoms in total. The minimum Gasteiger partial charge on any atom is -0.314 e. The second kappa shape index (κ2) is 6.19. The van der Waals surface area contributed by atoms with Gasteiger partial charge in [-0.3, -0.25) is 0 Å². The van der Waals surface area contributed by atoms with E-state index in [4.69, 9.17) is 0 Å². The van der Waals surface area contributed by atoms with E-state index in [9.17, 15) is 0 Å². The van der Waals surface area contributed by atoms with E-state index < -0.39 is 0 Å². The van der Waals surface area contributed by atoms with Crippen molar-refractivity contribution in [2.45, 2.75) is 65.0 Å². The maximum atomic E-state index is 3.64. The van der Waals surface area contributed by atoms with Gasteiger partial charge in [-0.05, 0) is 51.1 Å². The molecule has 2 aliphatic rings. The van der Waals surface area contributed by atoms with E-state index in [1.807, 2.05) is 0 Å². The van der Waals surface area contributed by atoms with Gasteiger partial charge in [0.15, 0.2) is 0 Å². The van der Waals surface area contributed by atoms with Gasteiger partial charge in [0.2, 0.25) is 0 Å². The Balaban J connectivity index is 1.92. The van der Waals surface area contributed by atoms with Crippen LogP contribution in [0.15, 0.2) is 0 Å². The molecule has 0 aromatic rings. The Morgan fingerprint density at radius 2 is 1.82 bits per heavy atom. The summed E-state index contributed by atoms with van der Waals surface area (Å²) in [7, 11) is 0. The molecule has 2 heteroatoms. The van der Waals surface area contributed by atoms with E-state index in [0.717, 1.165) is 17.9 Å². The first-order valence-electron chi connectivity index (χ1n) is 7.62. The first-order valence-corrected chi connectivity index (χ1v) is 7.62. The molecule has 4 atom stereocenters. The van der Waals surface area contributed by atoms with Gasteiger partial charge in [0, 0.05) is 18.6 Å². The Morgan fingerprint density at radius 3 is 2.59 bits per heavy atom. The molecule has 0 radical (unpaired) electrons. The highest BCUT2D eigenvalue weighted by Crippen LogP contribution is 2.28. The smallest absolute Gasteiger partial charge is 0.00979 e. The highest BCUT2D eigenvalue weighted by Gasteiger charge is 2.26. The fourth-order valence-corrected chi connectivity index (χ4v) is 3.49. The molecule has 2 rings (SSSR count). The van der Waals surface area contributed by atoms with Gasteiger partial charge >= 0.3 is 0 Å². The van der Waals surface area contributed by atoms with Gasteiger partial charge in [0.25, 0.3) is 0 Å². The highest BCUT2D eigenvalue weighted by atomic mass is 15.2. The van der Waals surface area contributed by atoms with Crippen LogP contribution in [0.2, 0.25) is 0 Å². The topological polar surface area (TPSA) is 15.3 Å². The molecule has 1 aliphatic carbocycles. The molecule has 100 valence electrons. The van der Waals surface area contributed by atoms with Gasteiger partial charge in [-0.2, -0.15) is 0 Å². The summed E-state index contributed by atoms with van der Waals surface area (Å²) in [6.45, 7) is 11.0. The van der Waals surface area contributed by atoms with Crippen LogP contribution in [-0.2, 0) is 0 Å². The van der Waals surface area contributed by atoms with Gasteiger partial charge < -0.3 is 10.2 Å². The summed E-state index contributed by atoms with van der Waals surface area (Å²) in [5.74, 6) is 1.75. The summed E-state index contributed by atoms with van der Waals surface area (Å²) >= 11 is 0. The molecule has 2 fully saturated rings. The Morgan fingerprint density at radius 1 is 1.00 bits per heavy atom. The van der Waals surface area contributed by atoms with E-state index in [1.165, 1.54) is 51.7 Å². The molecule has 0 aromatic carbocycles. The molecular weight excluding hydrogens is 208 g/mol. The van der Waals surface area contributed by atoms with Crippen molar-refractivity contribution in [2.75, 3.05) is 19.6 Å². The van der Waals surface area contributed by atoms with Crippen LogP contribution in [-0.4, -0.2) is 36.6 Å². The molecule has 1 heterocycles. The van der Waals surface area contributed by atoms with Crippen molar-refractivity contribution in [2.24, 2.45) is 11.8 Å². The lowest BCUT2D eigenvalue weighted by molar-refractivity contribution is 0.104. The minimum atomic E-state index is 0.696. The van der Waals surface area contributed by atoms with Crippen LogP contribution < -0.4 is 5.32 Å². The fraction of sp³-hybridized carbons (Fsp3) is 1.00. The standard InChI is InChI=1S/C15H30N2/c1-12-5-4-6-15(9-12)17-8-7-14(3)16-10-13(2)11-17/h12-16H,4-11H2,1-3H3. The van der Waals surface area contributed by atoms with Crippen LogP contribution in [0.4, 0.5) is 0 Å². The fourth-order valence-electron chi connectivity index (χ4n) is 3.49. The van der Waals surface area contributed by atoms with Crippen molar-refractivity contribution in [3.05, 3.63) is 0 Å². The van der Waals surface area contributed by atoms with Gasteiger partial charge in [-0.15, -0.1) is 0 Å². The third kappa shape index (κ3) is 3.96. The van der Waals surface area contributed by atoms with E-state index in [-0.39, 0.29) is 0 Å². The van der Waals surface area contributed by atoms with Crippen LogP contribution in [0.25, 0.3) is 0 Å². The largest absolute Gasteiger partial charge is 0.314 e. The van der Waals surface area contributed by atoms with Crippen molar-refractivity contribution >= 4 is 0 Å². The molecule has 1 saturated heterocycles. The first kappa shape index (κ1) is 13.4. The van der Waals surface area contributed by atoms with Gasteiger partial charge in [-0.1, -0.05) is 26.7 Å². The van der Waals surface area contributed by atoms with Gasteiger partial charge in [-0.25, -0.2) is 0 Å². The molecule has 1 N–H and O–H groups in total. The van der Waals surface area contributed by atoms with E-state index >= 15 is 0 Å². The first-order chi connectivity index (χ1) is 8.15. The van der Waals surface area contributed by atoms with Crippen molar-refractivity contribution in [3.8, 4) is 0 Å². The lowest BCUT2D eigenvalue weighted by Crippen LogP contribution is -2.47. The number of hydrogen-bond donors (Lipinski definition) is 1. The van der Waals surface area contributed by atoms with Crippen LogP contribution in [0.1, 0.15) is 52.9 Å². The molecule has 0 amide bonds. The van der Waals surface area contributed by atoms with Crippen molar-refractivity contribution in [3.63, 3.8) is 0 Å². The van der Waals surface area contributed by atoms with Crippen LogP contribution in [0.3, 0.4) is 0 Å². The average Bonchev–Trinajstić information content (AvgIpc) is 2.29. The molecule has 4 unspecified atom stereocenters. The number of hydrogen-bond acceptors (Lipinski definition) is 2. The Labute approximate surface area is 107 Å². The van der Waals surface area contributed by atoms with E-state index in [1.54, 1.807) is 0 Å². The zero-order chi connectivity index (χ0) is 12.3. The normalized spacial score (nSPS) is 41.8. The molecule has 0 spiro atoms. The number of nitrogens with one attached hydrogen (secondary N) is 1. The van der Waals surface area contributed by atoms with Gasteiger partial charge in [0.05, 0.1) is 0 Å². The molecule has 1 saturated carbocycles. The zero-order valence-electron chi connectivity index (χ0n) is 11.9. The second-order valence-corrected chi connectivity index (χ2v) is 6.62. The predicted octanol–water partition coefficient (Wildman–Crippen LogP) is 2.89. The Hall–Kier alpha value is -0.0800. The predicted molar refractivity (Wildman–Crippen MR) is 74.2 cm³/mol. The minimum absolute atomic E-state index is 0.696. The summed E-state index contributed by atoms with van der Waals surface area (Å²) in [6.07, 6.45) is 7.10. The number of rotatable bonds is 1. The number of nitrogens with zero attached hydrogens (tertiary/aromatic N) is 1. The second-order valence-electron chi connectivity index (χ2n) is 6.62. The summed E-state index contributed by atoms with van der Waals surface area (Å²) in [6, 6.07) is 1.58. The van der Waals surface area contributed by atoms with E-state index in [0.29, 0.717) is 6.04 Å². The quantitative estimate of drug-likeness (QED) is 0.755. The SMILES string of the molecule is CC1CCCC(N2CCC(C)NCC(C)C2)C1. The molecule has 0 bridgehead atoms. The van der Waals surface area contributed by atoms with Crippen LogP contribution in [0.5, 0.6) is 0 Å². The molecule has 1 aliphatic heterocycles. The lowest BCUT2D eigenvalue weighted by atomic mass is 9.85.